The summed E-state index contributed by atoms with van der Waals surface area (Å²) in [5.74, 6) is 5.89. The van der Waals surface area contributed by atoms with Crippen LogP contribution in [0.4, 0.5) is 0 Å². The third-order valence-corrected chi connectivity index (χ3v) is 12.2. The molecule has 34 heavy (non-hydrogen) atoms. The lowest BCUT2D eigenvalue weighted by molar-refractivity contribution is -0.197. The van der Waals surface area contributed by atoms with Crippen LogP contribution in [-0.2, 0) is 9.47 Å². The summed E-state index contributed by atoms with van der Waals surface area (Å²) in [7, 11) is 0. The van der Waals surface area contributed by atoms with Crippen LogP contribution >= 0.6 is 0 Å². The Balaban J connectivity index is 1.35. The lowest BCUT2D eigenvalue weighted by Gasteiger charge is -2.62. The van der Waals surface area contributed by atoms with Crippen LogP contribution < -0.4 is 0 Å². The van der Waals surface area contributed by atoms with Crippen LogP contribution in [0, 0.1) is 52.3 Å². The second-order valence-electron chi connectivity index (χ2n) is 14.5. The lowest BCUT2D eigenvalue weighted by Crippen LogP contribution is -2.57. The van der Waals surface area contributed by atoms with Crippen LogP contribution in [0.3, 0.4) is 0 Å². The fraction of sp³-hybridized carbons (Fsp3) is 0.938. The normalized spacial score (nSPS) is 44.1. The molecule has 5 aliphatic rings. The Morgan fingerprint density at radius 2 is 1.59 bits per heavy atom. The van der Waals surface area contributed by atoms with Gasteiger partial charge in [0.2, 0.25) is 0 Å². The van der Waals surface area contributed by atoms with Gasteiger partial charge in [0.1, 0.15) is 0 Å². The Labute approximate surface area is 211 Å². The fourth-order valence-electron chi connectivity index (χ4n) is 10.4. The smallest absolute Gasteiger partial charge is 0.191 e. The molecule has 5 fully saturated rings. The number of ether oxygens (including phenoxy) is 2. The predicted octanol–water partition coefficient (Wildman–Crippen LogP) is 8.80. The fourth-order valence-corrected chi connectivity index (χ4v) is 10.4. The van der Waals surface area contributed by atoms with Crippen molar-refractivity contribution in [3.63, 3.8) is 0 Å². The second kappa shape index (κ2) is 9.20. The molecule has 1 heterocycles. The van der Waals surface area contributed by atoms with Crippen molar-refractivity contribution in [1.29, 1.82) is 0 Å². The maximum absolute atomic E-state index is 6.38. The Morgan fingerprint density at radius 3 is 2.26 bits per heavy atom. The van der Waals surface area contributed by atoms with Crippen LogP contribution in [-0.4, -0.2) is 19.0 Å². The summed E-state index contributed by atoms with van der Waals surface area (Å²) in [5.41, 5.74) is 3.97. The van der Waals surface area contributed by atoms with Gasteiger partial charge < -0.3 is 9.47 Å². The quantitative estimate of drug-likeness (QED) is 0.374. The number of hydrogen-bond acceptors (Lipinski definition) is 2. The van der Waals surface area contributed by atoms with Gasteiger partial charge in [-0.1, -0.05) is 59.5 Å². The number of rotatable bonds is 5. The van der Waals surface area contributed by atoms with E-state index < -0.39 is 0 Å². The maximum atomic E-state index is 6.38. The highest BCUT2D eigenvalue weighted by molar-refractivity contribution is 5.27. The third-order valence-electron chi connectivity index (χ3n) is 12.2. The lowest BCUT2D eigenvalue weighted by atomic mass is 9.43. The van der Waals surface area contributed by atoms with Crippen molar-refractivity contribution in [2.75, 3.05) is 13.2 Å². The molecule has 1 aliphatic heterocycles. The van der Waals surface area contributed by atoms with Crippen LogP contribution in [0.15, 0.2) is 11.1 Å². The van der Waals surface area contributed by atoms with Gasteiger partial charge >= 0.3 is 0 Å². The van der Waals surface area contributed by atoms with Crippen LogP contribution in [0.25, 0.3) is 0 Å². The van der Waals surface area contributed by atoms with Crippen LogP contribution in [0.2, 0.25) is 0 Å². The molecule has 8 unspecified atom stereocenters. The van der Waals surface area contributed by atoms with Gasteiger partial charge in [-0.25, -0.2) is 0 Å². The summed E-state index contributed by atoms with van der Waals surface area (Å²) >= 11 is 0. The zero-order valence-electron chi connectivity index (χ0n) is 23.6. The highest BCUT2D eigenvalue weighted by Gasteiger charge is 2.63. The zero-order chi connectivity index (χ0) is 24.3. The summed E-state index contributed by atoms with van der Waals surface area (Å²) in [5, 5.41) is 0. The molecule has 1 spiro atoms. The Hall–Kier alpha value is -0.340. The first-order valence-electron chi connectivity index (χ1n) is 15.1. The van der Waals surface area contributed by atoms with Crippen LogP contribution in [0.5, 0.6) is 0 Å². The van der Waals surface area contributed by atoms with E-state index >= 15 is 0 Å². The van der Waals surface area contributed by atoms with Gasteiger partial charge in [-0.15, -0.1) is 0 Å². The van der Waals surface area contributed by atoms with Gasteiger partial charge in [-0.2, -0.15) is 0 Å². The minimum absolute atomic E-state index is 0.386. The van der Waals surface area contributed by atoms with E-state index in [-0.39, 0.29) is 5.79 Å². The van der Waals surface area contributed by atoms with Crippen molar-refractivity contribution in [2.45, 2.75) is 125 Å². The monoisotopic (exact) mass is 470 g/mol. The van der Waals surface area contributed by atoms with E-state index in [1.165, 1.54) is 75.4 Å². The third kappa shape index (κ3) is 3.96. The first-order valence-corrected chi connectivity index (χ1v) is 15.1. The van der Waals surface area contributed by atoms with Gasteiger partial charge in [-0.05, 0) is 117 Å². The van der Waals surface area contributed by atoms with E-state index in [4.69, 9.17) is 9.47 Å². The highest BCUT2D eigenvalue weighted by atomic mass is 16.7. The molecule has 0 amide bonds. The highest BCUT2D eigenvalue weighted by Crippen LogP contribution is 2.70. The van der Waals surface area contributed by atoms with Crippen LogP contribution in [0.1, 0.15) is 119 Å². The summed E-state index contributed by atoms with van der Waals surface area (Å²) < 4.78 is 12.8. The number of allylic oxidation sites excluding steroid dienone is 1. The van der Waals surface area contributed by atoms with E-state index in [0.29, 0.717) is 10.8 Å². The number of hydrogen-bond donors (Lipinski definition) is 0. The summed E-state index contributed by atoms with van der Waals surface area (Å²) in [4.78, 5) is 0. The maximum Gasteiger partial charge on any atom is 0.191 e. The van der Waals surface area contributed by atoms with Crippen molar-refractivity contribution in [2.24, 2.45) is 52.3 Å². The molecule has 2 heteroatoms. The molecule has 0 bridgehead atoms. The Morgan fingerprint density at radius 1 is 0.882 bits per heavy atom. The molecule has 0 aromatic rings. The van der Waals surface area contributed by atoms with E-state index in [0.717, 1.165) is 61.1 Å². The minimum atomic E-state index is -0.386. The minimum Gasteiger partial charge on any atom is -0.344 e. The second-order valence-corrected chi connectivity index (χ2v) is 14.5. The largest absolute Gasteiger partial charge is 0.344 e. The van der Waals surface area contributed by atoms with Gasteiger partial charge in [0.05, 0.1) is 13.2 Å². The molecule has 2 nitrogen and oxygen atoms in total. The summed E-state index contributed by atoms with van der Waals surface area (Å²) in [6.45, 7) is 18.9. The molecule has 0 radical (unpaired) electrons. The van der Waals surface area contributed by atoms with Gasteiger partial charge in [-0.3, -0.25) is 0 Å². The molecule has 0 N–H and O–H groups in total. The summed E-state index contributed by atoms with van der Waals surface area (Å²) in [6, 6.07) is 0. The molecule has 8 atom stereocenters. The first-order chi connectivity index (χ1) is 16.1. The Kier molecular flexibility index (Phi) is 6.85. The van der Waals surface area contributed by atoms with Crippen molar-refractivity contribution < 1.29 is 9.47 Å². The molecule has 1 saturated heterocycles. The molecule has 4 saturated carbocycles. The van der Waals surface area contributed by atoms with Crippen molar-refractivity contribution >= 4 is 0 Å². The van der Waals surface area contributed by atoms with Crippen molar-refractivity contribution in [1.82, 2.24) is 0 Å². The molecular formula is C32H54O2. The molecule has 194 valence electrons. The topological polar surface area (TPSA) is 18.5 Å². The van der Waals surface area contributed by atoms with E-state index in [9.17, 15) is 0 Å². The summed E-state index contributed by atoms with van der Waals surface area (Å²) in [6.07, 6.45) is 15.4. The van der Waals surface area contributed by atoms with Crippen molar-refractivity contribution in [3.05, 3.63) is 11.1 Å². The Bertz CT molecular complexity index is 772. The van der Waals surface area contributed by atoms with Gasteiger partial charge in [0.15, 0.2) is 5.79 Å². The average molecular weight is 471 g/mol. The van der Waals surface area contributed by atoms with E-state index in [1.54, 1.807) is 0 Å². The van der Waals surface area contributed by atoms with Crippen molar-refractivity contribution in [3.8, 4) is 0 Å². The first kappa shape index (κ1) is 25.3. The molecule has 4 aliphatic carbocycles. The molecule has 0 aromatic heterocycles. The molecule has 5 rings (SSSR count). The van der Waals surface area contributed by atoms with Gasteiger partial charge in [0.25, 0.3) is 0 Å². The van der Waals surface area contributed by atoms with E-state index in [2.05, 4.69) is 48.5 Å². The molecular weight excluding hydrogens is 416 g/mol. The van der Waals surface area contributed by atoms with Gasteiger partial charge in [0, 0.05) is 6.42 Å². The number of fused-ring (bicyclic) bond motifs is 5. The SMILES string of the molecule is CC(C)=C1CC2(C)C(CCC3C2CCC2(C)C(C(C)CCCC(C)C)CCC32)CC12OCCO2. The standard InChI is InChI=1S/C32H54O2/c1-21(2)9-8-10-23(5)26-13-14-27-25-12-11-24-19-32(33-17-18-34-32)29(22(3)4)20-31(24,7)28(25)15-16-30(26,27)6/h21,23-28H,8-20H2,1-7H3. The molecule has 0 aromatic carbocycles. The predicted molar refractivity (Wildman–Crippen MR) is 141 cm³/mol. The average Bonchev–Trinajstić information content (AvgIpc) is 3.38. The van der Waals surface area contributed by atoms with E-state index in [1.807, 2.05) is 0 Å². The zero-order valence-corrected chi connectivity index (χ0v) is 23.6.